The topological polar surface area (TPSA) is 22.0 Å². The van der Waals surface area contributed by atoms with Gasteiger partial charge >= 0.3 is 0 Å². The van der Waals surface area contributed by atoms with Crippen molar-refractivity contribution in [1.82, 2.24) is 4.57 Å². The summed E-state index contributed by atoms with van der Waals surface area (Å²) in [6, 6.07) is 1.70. The van der Waals surface area contributed by atoms with Crippen molar-refractivity contribution in [1.29, 1.82) is 0 Å². The van der Waals surface area contributed by atoms with E-state index in [2.05, 4.69) is 6.92 Å². The third kappa shape index (κ3) is 1.50. The molecule has 0 aromatic carbocycles. The molecule has 1 rings (SSSR count). The van der Waals surface area contributed by atoms with Gasteiger partial charge in [-0.15, -0.1) is 0 Å². The number of hydrogen-bond donors (Lipinski definition) is 0. The first-order valence-electron chi connectivity index (χ1n) is 3.81. The molecule has 2 nitrogen and oxygen atoms in total. The van der Waals surface area contributed by atoms with Crippen LogP contribution in [-0.4, -0.2) is 4.57 Å². The van der Waals surface area contributed by atoms with Gasteiger partial charge in [-0.3, -0.25) is 4.79 Å². The molecule has 0 spiro atoms. The molecule has 2 heteroatoms. The van der Waals surface area contributed by atoms with Gasteiger partial charge in [-0.1, -0.05) is 6.92 Å². The Hall–Kier alpha value is -1.05. The molecule has 0 fully saturated rings. The van der Waals surface area contributed by atoms with Crippen LogP contribution in [0.5, 0.6) is 0 Å². The molecular weight excluding hydrogens is 138 g/mol. The smallest absolute Gasteiger partial charge is 0.250 e. The fourth-order valence-electron chi connectivity index (χ4n) is 1.18. The molecule has 0 saturated heterocycles. The van der Waals surface area contributed by atoms with Gasteiger partial charge in [-0.25, -0.2) is 0 Å². The van der Waals surface area contributed by atoms with Crippen LogP contribution in [0.3, 0.4) is 0 Å². The van der Waals surface area contributed by atoms with Crippen molar-refractivity contribution in [2.45, 2.75) is 20.3 Å². The first-order valence-corrected chi connectivity index (χ1v) is 3.81. The summed E-state index contributed by atoms with van der Waals surface area (Å²) < 4.78 is 1.61. The molecule has 0 aliphatic heterocycles. The summed E-state index contributed by atoms with van der Waals surface area (Å²) in [5.41, 5.74) is 2.41. The third-order valence-corrected chi connectivity index (χ3v) is 1.92. The van der Waals surface area contributed by atoms with Gasteiger partial charge in [-0.05, 0) is 24.5 Å². The van der Waals surface area contributed by atoms with Gasteiger partial charge in [-0.2, -0.15) is 0 Å². The second-order valence-electron chi connectivity index (χ2n) is 2.78. The zero-order valence-electron chi connectivity index (χ0n) is 7.22. The zero-order chi connectivity index (χ0) is 8.43. The molecule has 11 heavy (non-hydrogen) atoms. The number of nitrogens with zero attached hydrogens (tertiary/aromatic N) is 1. The third-order valence-electron chi connectivity index (χ3n) is 1.92. The van der Waals surface area contributed by atoms with E-state index in [1.807, 2.05) is 13.1 Å². The molecule has 0 aliphatic rings. The van der Waals surface area contributed by atoms with Crippen molar-refractivity contribution in [3.05, 3.63) is 33.7 Å². The van der Waals surface area contributed by atoms with Gasteiger partial charge in [0.15, 0.2) is 0 Å². The highest BCUT2D eigenvalue weighted by molar-refractivity contribution is 5.21. The van der Waals surface area contributed by atoms with Crippen LogP contribution in [-0.2, 0) is 13.5 Å². The maximum atomic E-state index is 11.1. The first kappa shape index (κ1) is 8.05. The minimum Gasteiger partial charge on any atom is -0.318 e. The molecule has 0 amide bonds. The van der Waals surface area contributed by atoms with Crippen molar-refractivity contribution in [2.75, 3.05) is 0 Å². The molecule has 60 valence electrons. The molecular formula is C9H13NO. The van der Waals surface area contributed by atoms with Crippen LogP contribution in [0.2, 0.25) is 0 Å². The highest BCUT2D eigenvalue weighted by Gasteiger charge is 1.97. The van der Waals surface area contributed by atoms with Crippen LogP contribution < -0.4 is 5.56 Å². The highest BCUT2D eigenvalue weighted by atomic mass is 16.1. The standard InChI is InChI=1S/C9H13NO/c1-4-8-5-9(11)10(3)6-7(8)2/h5-6H,4H2,1-3H3. The van der Waals surface area contributed by atoms with E-state index < -0.39 is 0 Å². The number of hydrogen-bond acceptors (Lipinski definition) is 1. The Morgan fingerprint density at radius 1 is 1.55 bits per heavy atom. The Labute approximate surface area is 66.5 Å². The molecule has 0 aliphatic carbocycles. The van der Waals surface area contributed by atoms with Crippen LogP contribution in [0.25, 0.3) is 0 Å². The van der Waals surface area contributed by atoms with Crippen molar-refractivity contribution in [2.24, 2.45) is 7.05 Å². The fourth-order valence-corrected chi connectivity index (χ4v) is 1.18. The lowest BCUT2D eigenvalue weighted by molar-refractivity contribution is 0.839. The molecule has 1 aromatic rings. The predicted molar refractivity (Wildman–Crippen MR) is 45.8 cm³/mol. The van der Waals surface area contributed by atoms with Gasteiger partial charge in [0.2, 0.25) is 0 Å². The minimum atomic E-state index is 0.0763. The van der Waals surface area contributed by atoms with Crippen LogP contribution in [0.4, 0.5) is 0 Å². The van der Waals surface area contributed by atoms with E-state index in [0.29, 0.717) is 0 Å². The largest absolute Gasteiger partial charge is 0.318 e. The molecule has 0 bridgehead atoms. The van der Waals surface area contributed by atoms with Crippen molar-refractivity contribution in [3.8, 4) is 0 Å². The lowest BCUT2D eigenvalue weighted by Gasteiger charge is -2.03. The van der Waals surface area contributed by atoms with E-state index in [0.717, 1.165) is 12.0 Å². The van der Waals surface area contributed by atoms with E-state index >= 15 is 0 Å². The summed E-state index contributed by atoms with van der Waals surface area (Å²) in [6.07, 6.45) is 2.81. The lowest BCUT2D eigenvalue weighted by Crippen LogP contribution is -2.16. The second-order valence-corrected chi connectivity index (χ2v) is 2.78. The Balaban J connectivity index is 3.32. The monoisotopic (exact) mass is 151 g/mol. The average Bonchev–Trinajstić information content (AvgIpc) is 1.97. The van der Waals surface area contributed by atoms with Crippen LogP contribution in [0, 0.1) is 6.92 Å². The Kier molecular flexibility index (Phi) is 2.13. The predicted octanol–water partition coefficient (Wildman–Crippen LogP) is 1.26. The van der Waals surface area contributed by atoms with Gasteiger partial charge in [0.25, 0.3) is 5.56 Å². The van der Waals surface area contributed by atoms with Gasteiger partial charge in [0.1, 0.15) is 0 Å². The van der Waals surface area contributed by atoms with Crippen LogP contribution in [0.15, 0.2) is 17.1 Å². The van der Waals surface area contributed by atoms with E-state index in [1.165, 1.54) is 5.56 Å². The molecule has 0 saturated carbocycles. The SMILES string of the molecule is CCc1cc(=O)n(C)cc1C. The van der Waals surface area contributed by atoms with Gasteiger partial charge < -0.3 is 4.57 Å². The van der Waals surface area contributed by atoms with E-state index in [1.54, 1.807) is 17.7 Å². The molecule has 0 unspecified atom stereocenters. The van der Waals surface area contributed by atoms with E-state index in [4.69, 9.17) is 0 Å². The Bertz CT molecular complexity index is 312. The molecule has 0 radical (unpaired) electrons. The first-order chi connectivity index (χ1) is 5.15. The summed E-state index contributed by atoms with van der Waals surface area (Å²) in [5.74, 6) is 0. The highest BCUT2D eigenvalue weighted by Crippen LogP contribution is 2.03. The second kappa shape index (κ2) is 2.91. The molecule has 1 aromatic heterocycles. The quantitative estimate of drug-likeness (QED) is 0.592. The fraction of sp³-hybridized carbons (Fsp3) is 0.444. The number of pyridine rings is 1. The summed E-state index contributed by atoms with van der Waals surface area (Å²) in [7, 11) is 1.77. The number of rotatable bonds is 1. The molecule has 0 N–H and O–H groups in total. The normalized spacial score (nSPS) is 10.1. The molecule has 0 atom stereocenters. The maximum absolute atomic E-state index is 11.1. The Morgan fingerprint density at radius 2 is 2.18 bits per heavy atom. The molecule has 1 heterocycles. The van der Waals surface area contributed by atoms with Crippen LogP contribution >= 0.6 is 0 Å². The van der Waals surface area contributed by atoms with Gasteiger partial charge in [0, 0.05) is 19.3 Å². The zero-order valence-corrected chi connectivity index (χ0v) is 7.22. The van der Waals surface area contributed by atoms with Crippen molar-refractivity contribution < 1.29 is 0 Å². The number of aryl methyl sites for hydroxylation is 3. The van der Waals surface area contributed by atoms with E-state index in [-0.39, 0.29) is 5.56 Å². The van der Waals surface area contributed by atoms with Crippen LogP contribution in [0.1, 0.15) is 18.1 Å². The van der Waals surface area contributed by atoms with Crippen molar-refractivity contribution in [3.63, 3.8) is 0 Å². The minimum absolute atomic E-state index is 0.0763. The lowest BCUT2D eigenvalue weighted by atomic mass is 10.1. The maximum Gasteiger partial charge on any atom is 0.250 e. The summed E-state index contributed by atoms with van der Waals surface area (Å²) in [5, 5.41) is 0. The van der Waals surface area contributed by atoms with Gasteiger partial charge in [0.05, 0.1) is 0 Å². The average molecular weight is 151 g/mol. The Morgan fingerprint density at radius 3 is 2.73 bits per heavy atom. The summed E-state index contributed by atoms with van der Waals surface area (Å²) >= 11 is 0. The summed E-state index contributed by atoms with van der Waals surface area (Å²) in [6.45, 7) is 4.08. The van der Waals surface area contributed by atoms with E-state index in [9.17, 15) is 4.79 Å². The van der Waals surface area contributed by atoms with Crippen molar-refractivity contribution >= 4 is 0 Å². The summed E-state index contributed by atoms with van der Waals surface area (Å²) in [4.78, 5) is 11.1. The number of aromatic nitrogens is 1.